The molecule has 2 saturated heterocycles. The van der Waals surface area contributed by atoms with Gasteiger partial charge in [0.25, 0.3) is 0 Å². The van der Waals surface area contributed by atoms with Gasteiger partial charge in [0.05, 0.1) is 18.8 Å². The van der Waals surface area contributed by atoms with E-state index in [2.05, 4.69) is 68.2 Å². The number of rotatable bonds is 33. The normalized spacial score (nSPS) is 22.1. The van der Waals surface area contributed by atoms with E-state index in [4.69, 9.17) is 9.47 Å². The topological polar surface area (TPSA) is 41.9 Å². The van der Waals surface area contributed by atoms with Crippen LogP contribution in [0.25, 0.3) is 0 Å². The highest BCUT2D eigenvalue weighted by molar-refractivity contribution is 5.02. The molecule has 0 aromatic heterocycles. The van der Waals surface area contributed by atoms with Crippen LogP contribution in [-0.4, -0.2) is 54.2 Å². The molecule has 4 nitrogen and oxygen atoms in total. The van der Waals surface area contributed by atoms with Crippen LogP contribution in [0.15, 0.2) is 48.1 Å². The Bertz CT molecular complexity index is 909. The Morgan fingerprint density at radius 1 is 0.686 bits per heavy atom. The maximum atomic E-state index is 10.1. The SMILES string of the molecule is CCCCC/C=C\C/C=C\CCCCCCCCC1(CCCCCCCC/C=C\C/C=C(/C)CCCCC)OCC(CCN2CCCC(O)C2)O1. The molecular weight excluding hydrogens is 627 g/mol. The molecule has 0 radical (unpaired) electrons. The number of unbranched alkanes of at least 4 members (excludes halogenated alkanes) is 17. The van der Waals surface area contributed by atoms with Crippen molar-refractivity contribution in [3.05, 3.63) is 48.1 Å². The first-order valence-corrected chi connectivity index (χ1v) is 22.4. The minimum absolute atomic E-state index is 0.157. The Morgan fingerprint density at radius 3 is 1.84 bits per heavy atom. The zero-order valence-electron chi connectivity index (χ0n) is 34.2. The number of likely N-dealkylation sites (tertiary alicyclic amines) is 1. The van der Waals surface area contributed by atoms with Crippen LogP contribution in [-0.2, 0) is 9.47 Å². The average Bonchev–Trinajstić information content (AvgIpc) is 3.54. The van der Waals surface area contributed by atoms with Gasteiger partial charge in [-0.25, -0.2) is 0 Å². The van der Waals surface area contributed by atoms with Crippen molar-refractivity contribution in [3.8, 4) is 0 Å². The predicted octanol–water partition coefficient (Wildman–Crippen LogP) is 13.7. The van der Waals surface area contributed by atoms with Gasteiger partial charge in [-0.05, 0) is 110 Å². The quantitative estimate of drug-likeness (QED) is 0.0543. The fraction of sp³-hybridized carbons (Fsp3) is 0.830. The Labute approximate surface area is 318 Å². The molecule has 296 valence electrons. The smallest absolute Gasteiger partial charge is 0.168 e. The van der Waals surface area contributed by atoms with Crippen LogP contribution < -0.4 is 0 Å². The standard InChI is InChI=1S/C47H85NO3/c1-4-6-8-9-10-11-12-13-14-15-16-18-21-24-27-31-38-47(50-43-46(51-47)37-41-48-40-33-36-45(49)42-48)39-32-28-25-22-19-17-20-23-26-30-35-44(3)34-29-7-5-2/h10-11,13-14,23,26,35,45-46,49H,4-9,12,15-22,24-25,27-34,36-43H2,1-3H3/b11-10-,14-13-,26-23-,44-35-. The molecule has 3 unspecified atom stereocenters. The highest BCUT2D eigenvalue weighted by Gasteiger charge is 2.40. The summed E-state index contributed by atoms with van der Waals surface area (Å²) in [6, 6.07) is 0. The van der Waals surface area contributed by atoms with Gasteiger partial charge >= 0.3 is 0 Å². The Morgan fingerprint density at radius 2 is 1.24 bits per heavy atom. The number of hydrogen-bond donors (Lipinski definition) is 1. The van der Waals surface area contributed by atoms with E-state index in [1.54, 1.807) is 5.57 Å². The van der Waals surface area contributed by atoms with Crippen molar-refractivity contribution in [2.24, 2.45) is 0 Å². The van der Waals surface area contributed by atoms with E-state index in [9.17, 15) is 5.11 Å². The second kappa shape index (κ2) is 32.2. The minimum Gasteiger partial charge on any atom is -0.392 e. The van der Waals surface area contributed by atoms with Crippen molar-refractivity contribution >= 4 is 0 Å². The van der Waals surface area contributed by atoms with Gasteiger partial charge in [0, 0.05) is 25.9 Å². The molecule has 2 rings (SSSR count). The predicted molar refractivity (Wildman–Crippen MR) is 222 cm³/mol. The highest BCUT2D eigenvalue weighted by Crippen LogP contribution is 2.36. The molecule has 51 heavy (non-hydrogen) atoms. The minimum atomic E-state index is -0.366. The van der Waals surface area contributed by atoms with Gasteiger partial charge in [-0.3, -0.25) is 0 Å². The van der Waals surface area contributed by atoms with E-state index in [-0.39, 0.29) is 18.0 Å². The Kier molecular flexibility index (Phi) is 29.1. The zero-order chi connectivity index (χ0) is 36.5. The van der Waals surface area contributed by atoms with Crippen LogP contribution in [0.4, 0.5) is 0 Å². The van der Waals surface area contributed by atoms with Crippen LogP contribution >= 0.6 is 0 Å². The Hall–Kier alpha value is -1.20. The lowest BCUT2D eigenvalue weighted by Gasteiger charge is -2.31. The van der Waals surface area contributed by atoms with Crippen LogP contribution in [0.2, 0.25) is 0 Å². The summed E-state index contributed by atoms with van der Waals surface area (Å²) in [4.78, 5) is 2.42. The molecule has 2 aliphatic heterocycles. The van der Waals surface area contributed by atoms with Gasteiger partial charge < -0.3 is 19.5 Å². The number of β-amino-alcohol motifs (C(OH)–C–C–N with tert-alkyl or cyclic N) is 1. The molecule has 2 aliphatic rings. The lowest BCUT2D eigenvalue weighted by Crippen LogP contribution is -2.40. The summed E-state index contributed by atoms with van der Waals surface area (Å²) in [7, 11) is 0. The lowest BCUT2D eigenvalue weighted by molar-refractivity contribution is -0.180. The zero-order valence-corrected chi connectivity index (χ0v) is 34.2. The molecular formula is C47H85NO3. The van der Waals surface area contributed by atoms with Gasteiger partial charge in [0.2, 0.25) is 0 Å². The third-order valence-corrected chi connectivity index (χ3v) is 11.0. The second-order valence-corrected chi connectivity index (χ2v) is 16.1. The summed E-state index contributed by atoms with van der Waals surface area (Å²) >= 11 is 0. The number of nitrogens with zero attached hydrogens (tertiary/aromatic N) is 1. The van der Waals surface area contributed by atoms with E-state index >= 15 is 0 Å². The van der Waals surface area contributed by atoms with Crippen molar-refractivity contribution in [2.75, 3.05) is 26.2 Å². The van der Waals surface area contributed by atoms with E-state index in [1.807, 2.05) is 0 Å². The summed E-state index contributed by atoms with van der Waals surface area (Å²) in [5.74, 6) is -0.366. The number of aliphatic hydroxyl groups excluding tert-OH is 1. The summed E-state index contributed by atoms with van der Waals surface area (Å²) in [6.45, 7) is 10.5. The van der Waals surface area contributed by atoms with Crippen molar-refractivity contribution < 1.29 is 14.6 Å². The number of hydrogen-bond acceptors (Lipinski definition) is 4. The molecule has 4 heteroatoms. The average molecular weight is 712 g/mol. The fourth-order valence-electron chi connectivity index (χ4n) is 7.69. The molecule has 0 spiro atoms. The number of aliphatic hydroxyl groups is 1. The van der Waals surface area contributed by atoms with Crippen LogP contribution in [0.5, 0.6) is 0 Å². The van der Waals surface area contributed by atoms with Crippen molar-refractivity contribution in [1.82, 2.24) is 4.90 Å². The molecule has 2 heterocycles. The largest absolute Gasteiger partial charge is 0.392 e. The molecule has 0 amide bonds. The molecule has 3 atom stereocenters. The summed E-state index contributed by atoms with van der Waals surface area (Å²) in [5.41, 5.74) is 1.55. The summed E-state index contributed by atoms with van der Waals surface area (Å²) in [5, 5.41) is 10.1. The van der Waals surface area contributed by atoms with Crippen LogP contribution in [0, 0.1) is 0 Å². The van der Waals surface area contributed by atoms with E-state index < -0.39 is 0 Å². The van der Waals surface area contributed by atoms with E-state index in [1.165, 1.54) is 141 Å². The number of allylic oxidation sites excluding steroid dienone is 8. The van der Waals surface area contributed by atoms with Crippen molar-refractivity contribution in [3.63, 3.8) is 0 Å². The molecule has 0 aromatic carbocycles. The first-order chi connectivity index (χ1) is 25.1. The number of ether oxygens (including phenoxy) is 2. The van der Waals surface area contributed by atoms with E-state index in [0.29, 0.717) is 0 Å². The molecule has 0 aliphatic carbocycles. The highest BCUT2D eigenvalue weighted by atomic mass is 16.7. The third-order valence-electron chi connectivity index (χ3n) is 11.0. The van der Waals surface area contributed by atoms with Gasteiger partial charge in [-0.1, -0.05) is 139 Å². The van der Waals surface area contributed by atoms with Gasteiger partial charge in [0.15, 0.2) is 5.79 Å². The first kappa shape index (κ1) is 46.0. The monoisotopic (exact) mass is 712 g/mol. The van der Waals surface area contributed by atoms with Crippen LogP contribution in [0.3, 0.4) is 0 Å². The lowest BCUT2D eigenvalue weighted by atomic mass is 9.98. The second-order valence-electron chi connectivity index (χ2n) is 16.1. The van der Waals surface area contributed by atoms with Crippen molar-refractivity contribution in [1.29, 1.82) is 0 Å². The van der Waals surface area contributed by atoms with Gasteiger partial charge in [-0.2, -0.15) is 0 Å². The molecule has 0 aromatic rings. The fourth-order valence-corrected chi connectivity index (χ4v) is 7.69. The summed E-state index contributed by atoms with van der Waals surface area (Å²) < 4.78 is 13.3. The van der Waals surface area contributed by atoms with E-state index in [0.717, 1.165) is 71.2 Å². The summed E-state index contributed by atoms with van der Waals surface area (Å²) in [6.07, 6.45) is 52.5. The van der Waals surface area contributed by atoms with Gasteiger partial charge in [0.1, 0.15) is 0 Å². The third kappa shape index (κ3) is 25.5. The molecule has 0 bridgehead atoms. The Balaban J connectivity index is 1.60. The van der Waals surface area contributed by atoms with Crippen molar-refractivity contribution in [2.45, 2.75) is 225 Å². The maximum Gasteiger partial charge on any atom is 0.168 e. The maximum absolute atomic E-state index is 10.1. The molecule has 1 N–H and O–H groups in total. The van der Waals surface area contributed by atoms with Crippen LogP contribution in [0.1, 0.15) is 207 Å². The van der Waals surface area contributed by atoms with Gasteiger partial charge in [-0.15, -0.1) is 0 Å². The molecule has 0 saturated carbocycles. The number of piperidine rings is 1. The molecule has 2 fully saturated rings. The first-order valence-electron chi connectivity index (χ1n) is 22.4.